The molecule has 1 saturated heterocycles. The molecule has 4 heteroatoms. The van der Waals surface area contributed by atoms with Crippen molar-refractivity contribution in [1.82, 2.24) is 9.80 Å². The van der Waals surface area contributed by atoms with E-state index in [0.29, 0.717) is 24.2 Å². The van der Waals surface area contributed by atoms with Crippen LogP contribution in [0.2, 0.25) is 0 Å². The van der Waals surface area contributed by atoms with Crippen LogP contribution in [0.25, 0.3) is 0 Å². The molecule has 0 amide bonds. The van der Waals surface area contributed by atoms with Crippen LogP contribution in [0.4, 0.5) is 0 Å². The van der Waals surface area contributed by atoms with Gasteiger partial charge in [-0.2, -0.15) is 0 Å². The zero-order chi connectivity index (χ0) is 21.4. The van der Waals surface area contributed by atoms with Crippen LogP contribution in [0, 0.1) is 17.5 Å². The summed E-state index contributed by atoms with van der Waals surface area (Å²) < 4.78 is 0. The van der Waals surface area contributed by atoms with Crippen LogP contribution in [0.3, 0.4) is 0 Å². The maximum Gasteiger partial charge on any atom is 1.00 e. The topological polar surface area (TPSA) is 6.48 Å². The first-order valence-corrected chi connectivity index (χ1v) is 11.0. The van der Waals surface area contributed by atoms with Gasteiger partial charge < -0.3 is 24.0 Å². The Morgan fingerprint density at radius 3 is 1.16 bits per heavy atom. The quantitative estimate of drug-likeness (QED) is 0.373. The Kier molecular flexibility index (Phi) is 10.5. The van der Waals surface area contributed by atoms with Crippen LogP contribution in [-0.4, -0.2) is 21.9 Å². The predicted octanol–water partition coefficient (Wildman–Crippen LogP) is 4.08. The van der Waals surface area contributed by atoms with Gasteiger partial charge in [0.15, 0.2) is 0 Å². The molecule has 0 aliphatic carbocycles. The Morgan fingerprint density at radius 1 is 0.613 bits per heavy atom. The van der Waals surface area contributed by atoms with Crippen LogP contribution in [0.1, 0.15) is 78.6 Å². The van der Waals surface area contributed by atoms with Crippen molar-refractivity contribution in [3.63, 3.8) is 0 Å². The first-order valence-electron chi connectivity index (χ1n) is 11.0. The fourth-order valence-corrected chi connectivity index (χ4v) is 4.95. The van der Waals surface area contributed by atoms with E-state index in [-0.39, 0.29) is 57.2 Å². The predicted molar refractivity (Wildman–Crippen MR) is 124 cm³/mol. The van der Waals surface area contributed by atoms with Gasteiger partial charge in [0.05, 0.1) is 6.67 Å². The van der Waals surface area contributed by atoms with Gasteiger partial charge >= 0.3 is 22.4 Å². The summed E-state index contributed by atoms with van der Waals surface area (Å²) in [6, 6.07) is 23.4. The maximum absolute atomic E-state index is 2.63. The molecular weight excluding hydrogens is 587 g/mol. The van der Waals surface area contributed by atoms with E-state index in [9.17, 15) is 0 Å². The molecule has 4 atom stereocenters. The molecule has 0 unspecified atom stereocenters. The third kappa shape index (κ3) is 6.45. The minimum atomic E-state index is 0. The molecule has 2 aromatic carbocycles. The summed E-state index contributed by atoms with van der Waals surface area (Å²) in [7, 11) is 0. The van der Waals surface area contributed by atoms with Crippen molar-refractivity contribution >= 4 is 0 Å². The molecule has 1 radical (unpaired) electrons. The van der Waals surface area contributed by atoms with Crippen molar-refractivity contribution < 1.29 is 46.4 Å². The van der Waals surface area contributed by atoms with Gasteiger partial charge in [-0.3, -0.25) is 9.80 Å². The minimum Gasteiger partial charge on any atom is -1.00 e. The molecule has 1 aliphatic heterocycles. The second kappa shape index (κ2) is 11.3. The second-order valence-corrected chi connectivity index (χ2v) is 10.8. The van der Waals surface area contributed by atoms with Gasteiger partial charge in [-0.15, -0.1) is 0 Å². The first kappa shape index (κ1) is 28.9. The molecule has 1 fully saturated rings. The van der Waals surface area contributed by atoms with Crippen molar-refractivity contribution in [2.45, 2.75) is 79.6 Å². The SMILES string of the molecule is C[C@@H](c1ccccc1)N1[CH]N([C@@H](C)c2ccccc2)[C@H](C(C)(C)C)[C@H]1C(C)(C)C.[Ag+].[I-]. The Morgan fingerprint density at radius 2 is 0.903 bits per heavy atom. The average molecular weight is 626 g/mol. The molecule has 1 aliphatic rings. The molecule has 31 heavy (non-hydrogen) atoms. The summed E-state index contributed by atoms with van der Waals surface area (Å²) in [5.74, 6) is 0. The van der Waals surface area contributed by atoms with E-state index in [4.69, 9.17) is 0 Å². The number of nitrogens with zero attached hydrogens (tertiary/aromatic N) is 2. The standard InChI is InChI=1S/C27H39N2.Ag.HI/c1-20(22-15-11-9-12-16-22)28-19-29(21(2)23-17-13-10-14-18-23)25(27(6,7)8)24(28)26(3,4)5;;/h9-21,24-25H,1-8H3;;1H/q;+1;/p-1/t20-,21-,24-,25-;;/m0../s1. The van der Waals surface area contributed by atoms with E-state index in [1.165, 1.54) is 11.1 Å². The van der Waals surface area contributed by atoms with Crippen LogP contribution in [0.5, 0.6) is 0 Å². The number of benzene rings is 2. The van der Waals surface area contributed by atoms with Gasteiger partial charge in [-0.25, -0.2) is 0 Å². The average Bonchev–Trinajstić information content (AvgIpc) is 3.10. The summed E-state index contributed by atoms with van der Waals surface area (Å²) in [5.41, 5.74) is 3.06. The number of hydrogen-bond acceptors (Lipinski definition) is 2. The third-order valence-electron chi connectivity index (χ3n) is 6.44. The Bertz CT molecular complexity index is 715. The molecular formula is C27H39AgIN2. The number of hydrogen-bond donors (Lipinski definition) is 0. The Hall–Kier alpha value is -0.170. The largest absolute Gasteiger partial charge is 1.00 e. The summed E-state index contributed by atoms with van der Waals surface area (Å²) in [6.07, 6.45) is 0. The van der Waals surface area contributed by atoms with E-state index in [1.54, 1.807) is 0 Å². The van der Waals surface area contributed by atoms with Crippen molar-refractivity contribution in [1.29, 1.82) is 0 Å². The van der Waals surface area contributed by atoms with Gasteiger partial charge in [-0.05, 0) is 35.8 Å². The smallest absolute Gasteiger partial charge is 1.00 e. The molecule has 0 aromatic heterocycles. The fourth-order valence-electron chi connectivity index (χ4n) is 4.95. The van der Waals surface area contributed by atoms with E-state index in [0.717, 1.165) is 0 Å². The summed E-state index contributed by atoms with van der Waals surface area (Å²) >= 11 is 0. The fraction of sp³-hybridized carbons (Fsp3) is 0.519. The summed E-state index contributed by atoms with van der Waals surface area (Å²) in [4.78, 5) is 5.26. The molecule has 0 bridgehead atoms. The van der Waals surface area contributed by atoms with Gasteiger partial charge in [0, 0.05) is 24.2 Å². The second-order valence-electron chi connectivity index (χ2n) is 10.8. The van der Waals surface area contributed by atoms with Gasteiger partial charge in [0.2, 0.25) is 0 Å². The molecule has 175 valence electrons. The van der Waals surface area contributed by atoms with Crippen molar-refractivity contribution in [3.05, 3.63) is 78.5 Å². The first-order chi connectivity index (χ1) is 13.5. The Labute approximate surface area is 223 Å². The van der Waals surface area contributed by atoms with Crippen LogP contribution >= 0.6 is 0 Å². The maximum atomic E-state index is 2.63. The molecule has 2 aromatic rings. The van der Waals surface area contributed by atoms with Gasteiger partial charge in [0.25, 0.3) is 0 Å². The molecule has 2 nitrogen and oxygen atoms in total. The van der Waals surface area contributed by atoms with Crippen LogP contribution in [-0.2, 0) is 22.4 Å². The third-order valence-corrected chi connectivity index (χ3v) is 6.44. The van der Waals surface area contributed by atoms with Crippen molar-refractivity contribution in [3.8, 4) is 0 Å². The van der Waals surface area contributed by atoms with E-state index in [2.05, 4.69) is 133 Å². The van der Waals surface area contributed by atoms with E-state index in [1.807, 2.05) is 0 Å². The summed E-state index contributed by atoms with van der Waals surface area (Å²) in [5, 5.41) is 0. The summed E-state index contributed by atoms with van der Waals surface area (Å²) in [6.45, 7) is 21.5. The van der Waals surface area contributed by atoms with Gasteiger partial charge in [-0.1, -0.05) is 102 Å². The van der Waals surface area contributed by atoms with E-state index < -0.39 is 0 Å². The van der Waals surface area contributed by atoms with E-state index >= 15 is 0 Å². The normalized spacial score (nSPS) is 22.3. The van der Waals surface area contributed by atoms with Gasteiger partial charge in [0.1, 0.15) is 0 Å². The zero-order valence-electron chi connectivity index (χ0n) is 20.2. The number of halogens is 1. The molecule has 1 heterocycles. The monoisotopic (exact) mass is 625 g/mol. The Balaban J connectivity index is 0.00000240. The number of rotatable bonds is 4. The molecule has 0 saturated carbocycles. The zero-order valence-corrected chi connectivity index (χ0v) is 23.9. The molecule has 0 N–H and O–H groups in total. The van der Waals surface area contributed by atoms with Crippen LogP contribution in [0.15, 0.2) is 60.7 Å². The van der Waals surface area contributed by atoms with Crippen LogP contribution < -0.4 is 24.0 Å². The minimum absolute atomic E-state index is 0. The molecule has 0 spiro atoms. The molecule has 3 rings (SSSR count). The van der Waals surface area contributed by atoms with Crippen molar-refractivity contribution in [2.24, 2.45) is 10.8 Å². The van der Waals surface area contributed by atoms with Crippen molar-refractivity contribution in [2.75, 3.05) is 0 Å².